The van der Waals surface area contributed by atoms with Crippen LogP contribution in [-0.4, -0.2) is 38.5 Å². The molecule has 0 atom stereocenters. The molecule has 0 bridgehead atoms. The standard InChI is InChI=1S/C12H15ClF2N2O3S/c13-10-7-9(1-2-11(10)20-12(14)15)21(18,19)17-5-3-8(16)4-6-17/h1-2,7-8,12H,3-6,16H2. The van der Waals surface area contributed by atoms with Crippen LogP contribution in [0.2, 0.25) is 5.02 Å². The molecule has 0 unspecified atom stereocenters. The first-order valence-corrected chi connectivity index (χ1v) is 8.12. The SMILES string of the molecule is NC1CCN(S(=O)(=O)c2ccc(OC(F)F)c(Cl)c2)CC1. The first-order chi connectivity index (χ1) is 9.80. The molecule has 0 spiro atoms. The van der Waals surface area contributed by atoms with E-state index in [2.05, 4.69) is 4.74 Å². The third-order valence-corrected chi connectivity index (χ3v) is 5.45. The Bertz CT molecular complexity index is 605. The largest absolute Gasteiger partial charge is 0.433 e. The number of rotatable bonds is 4. The van der Waals surface area contributed by atoms with Gasteiger partial charge in [-0.1, -0.05) is 11.6 Å². The highest BCUT2D eigenvalue weighted by Gasteiger charge is 2.28. The number of piperidine rings is 1. The van der Waals surface area contributed by atoms with Gasteiger partial charge in [0, 0.05) is 19.1 Å². The Morgan fingerprint density at radius 1 is 1.33 bits per heavy atom. The molecular weight excluding hydrogens is 326 g/mol. The molecule has 21 heavy (non-hydrogen) atoms. The van der Waals surface area contributed by atoms with Crippen LogP contribution in [0.3, 0.4) is 0 Å². The Hall–Kier alpha value is -0.960. The second-order valence-electron chi connectivity index (χ2n) is 4.71. The molecule has 0 amide bonds. The topological polar surface area (TPSA) is 72.6 Å². The fraction of sp³-hybridized carbons (Fsp3) is 0.500. The van der Waals surface area contributed by atoms with Crippen molar-refractivity contribution in [3.05, 3.63) is 23.2 Å². The molecule has 1 saturated heterocycles. The summed E-state index contributed by atoms with van der Waals surface area (Å²) in [5.41, 5.74) is 5.74. The van der Waals surface area contributed by atoms with Crippen molar-refractivity contribution in [1.29, 1.82) is 0 Å². The van der Waals surface area contributed by atoms with Crippen molar-refractivity contribution in [3.8, 4) is 5.75 Å². The zero-order chi connectivity index (χ0) is 15.6. The summed E-state index contributed by atoms with van der Waals surface area (Å²) in [7, 11) is -3.70. The van der Waals surface area contributed by atoms with Gasteiger partial charge in [-0.15, -0.1) is 0 Å². The Balaban J connectivity index is 2.22. The van der Waals surface area contributed by atoms with Crippen molar-refractivity contribution in [2.45, 2.75) is 30.4 Å². The van der Waals surface area contributed by atoms with Gasteiger partial charge in [0.2, 0.25) is 10.0 Å². The van der Waals surface area contributed by atoms with E-state index in [4.69, 9.17) is 17.3 Å². The van der Waals surface area contributed by atoms with Gasteiger partial charge in [-0.2, -0.15) is 13.1 Å². The van der Waals surface area contributed by atoms with Crippen molar-refractivity contribution in [3.63, 3.8) is 0 Å². The summed E-state index contributed by atoms with van der Waals surface area (Å²) in [5, 5.41) is -0.176. The van der Waals surface area contributed by atoms with E-state index in [9.17, 15) is 17.2 Å². The highest BCUT2D eigenvalue weighted by atomic mass is 35.5. The van der Waals surface area contributed by atoms with Gasteiger partial charge >= 0.3 is 6.61 Å². The van der Waals surface area contributed by atoms with Gasteiger partial charge < -0.3 is 10.5 Å². The minimum atomic E-state index is -3.70. The van der Waals surface area contributed by atoms with E-state index in [1.807, 2.05) is 0 Å². The van der Waals surface area contributed by atoms with Crippen LogP contribution in [0.5, 0.6) is 5.75 Å². The first-order valence-electron chi connectivity index (χ1n) is 6.31. The zero-order valence-electron chi connectivity index (χ0n) is 11.0. The summed E-state index contributed by atoms with van der Waals surface area (Å²) in [4.78, 5) is -0.0513. The van der Waals surface area contributed by atoms with Gasteiger partial charge in [0.25, 0.3) is 0 Å². The normalized spacial score (nSPS) is 18.1. The van der Waals surface area contributed by atoms with E-state index in [0.717, 1.165) is 12.1 Å². The molecule has 9 heteroatoms. The van der Waals surface area contributed by atoms with Crippen molar-refractivity contribution in [2.75, 3.05) is 13.1 Å². The van der Waals surface area contributed by atoms with Gasteiger partial charge in [0.1, 0.15) is 5.75 Å². The van der Waals surface area contributed by atoms with Gasteiger partial charge in [-0.05, 0) is 31.0 Å². The number of sulfonamides is 1. The second kappa shape index (κ2) is 6.43. The lowest BCUT2D eigenvalue weighted by Crippen LogP contribution is -2.42. The van der Waals surface area contributed by atoms with E-state index >= 15 is 0 Å². The van der Waals surface area contributed by atoms with E-state index in [1.165, 1.54) is 10.4 Å². The fourth-order valence-corrected chi connectivity index (χ4v) is 3.89. The van der Waals surface area contributed by atoms with Crippen LogP contribution in [0.15, 0.2) is 23.1 Å². The molecule has 1 aliphatic rings. The first kappa shape index (κ1) is 16.4. The molecule has 118 valence electrons. The number of alkyl halides is 2. The number of nitrogens with two attached hydrogens (primary N) is 1. The van der Waals surface area contributed by atoms with E-state index in [0.29, 0.717) is 25.9 Å². The lowest BCUT2D eigenvalue weighted by Gasteiger charge is -2.29. The van der Waals surface area contributed by atoms with Gasteiger partial charge in [0.05, 0.1) is 9.92 Å². The number of nitrogens with zero attached hydrogens (tertiary/aromatic N) is 1. The summed E-state index contributed by atoms with van der Waals surface area (Å²) < 4.78 is 54.6. The lowest BCUT2D eigenvalue weighted by atomic mass is 10.1. The van der Waals surface area contributed by atoms with E-state index in [-0.39, 0.29) is 21.7 Å². The molecule has 1 aromatic carbocycles. The van der Waals surface area contributed by atoms with Crippen LogP contribution in [0, 0.1) is 0 Å². The second-order valence-corrected chi connectivity index (χ2v) is 7.06. The fourth-order valence-electron chi connectivity index (χ4n) is 2.10. The predicted molar refractivity (Wildman–Crippen MR) is 74.1 cm³/mol. The van der Waals surface area contributed by atoms with Crippen molar-refractivity contribution >= 4 is 21.6 Å². The molecule has 0 saturated carbocycles. The molecule has 0 radical (unpaired) electrons. The van der Waals surface area contributed by atoms with Gasteiger partial charge in [-0.25, -0.2) is 8.42 Å². The number of hydrogen-bond donors (Lipinski definition) is 1. The summed E-state index contributed by atoms with van der Waals surface area (Å²) in [5.74, 6) is -0.258. The molecule has 1 heterocycles. The minimum absolute atomic E-state index is 0.00172. The molecule has 1 fully saturated rings. The molecule has 1 aliphatic heterocycles. The highest BCUT2D eigenvalue weighted by molar-refractivity contribution is 7.89. The molecule has 0 aliphatic carbocycles. The van der Waals surface area contributed by atoms with Gasteiger partial charge in [0.15, 0.2) is 0 Å². The number of halogens is 3. The Morgan fingerprint density at radius 3 is 2.48 bits per heavy atom. The monoisotopic (exact) mass is 340 g/mol. The van der Waals surface area contributed by atoms with Crippen molar-refractivity contribution < 1.29 is 21.9 Å². The average molecular weight is 341 g/mol. The third kappa shape index (κ3) is 3.82. The maximum atomic E-state index is 12.4. The van der Waals surface area contributed by atoms with Crippen LogP contribution < -0.4 is 10.5 Å². The quantitative estimate of drug-likeness (QED) is 0.910. The van der Waals surface area contributed by atoms with Crippen LogP contribution in [0.25, 0.3) is 0 Å². The molecular formula is C12H15ClF2N2O3S. The Kier molecular flexibility index (Phi) is 5.03. The molecule has 0 aromatic heterocycles. The number of ether oxygens (including phenoxy) is 1. The van der Waals surface area contributed by atoms with Gasteiger partial charge in [-0.3, -0.25) is 0 Å². The third-order valence-electron chi connectivity index (χ3n) is 3.26. The van der Waals surface area contributed by atoms with Crippen LogP contribution >= 0.6 is 11.6 Å². The summed E-state index contributed by atoms with van der Waals surface area (Å²) in [6.07, 6.45) is 1.17. The van der Waals surface area contributed by atoms with E-state index in [1.54, 1.807) is 0 Å². The number of hydrogen-bond acceptors (Lipinski definition) is 4. The molecule has 2 rings (SSSR count). The lowest BCUT2D eigenvalue weighted by molar-refractivity contribution is -0.0498. The van der Waals surface area contributed by atoms with Crippen molar-refractivity contribution in [1.82, 2.24) is 4.31 Å². The maximum absolute atomic E-state index is 12.4. The Labute approximate surface area is 126 Å². The average Bonchev–Trinajstić information content (AvgIpc) is 2.41. The van der Waals surface area contributed by atoms with Crippen LogP contribution in [0.1, 0.15) is 12.8 Å². The summed E-state index contributed by atoms with van der Waals surface area (Å²) in [6.45, 7) is -2.36. The maximum Gasteiger partial charge on any atom is 0.387 e. The Morgan fingerprint density at radius 2 is 1.95 bits per heavy atom. The highest BCUT2D eigenvalue weighted by Crippen LogP contribution is 2.30. The number of benzene rings is 1. The van der Waals surface area contributed by atoms with Crippen LogP contribution in [0.4, 0.5) is 8.78 Å². The smallest absolute Gasteiger partial charge is 0.387 e. The van der Waals surface area contributed by atoms with E-state index < -0.39 is 16.6 Å². The van der Waals surface area contributed by atoms with Crippen molar-refractivity contribution in [2.24, 2.45) is 5.73 Å². The molecule has 5 nitrogen and oxygen atoms in total. The van der Waals surface area contributed by atoms with Crippen LogP contribution in [-0.2, 0) is 10.0 Å². The predicted octanol–water partition coefficient (Wildman–Crippen LogP) is 2.05. The molecule has 2 N–H and O–H groups in total. The zero-order valence-corrected chi connectivity index (χ0v) is 12.6. The summed E-state index contributed by atoms with van der Waals surface area (Å²) in [6, 6.07) is 3.44. The minimum Gasteiger partial charge on any atom is -0.433 e. The summed E-state index contributed by atoms with van der Waals surface area (Å²) >= 11 is 5.78. The molecule has 1 aromatic rings.